The zero-order chi connectivity index (χ0) is 28.2. The average Bonchev–Trinajstić information content (AvgIpc) is 3.64. The van der Waals surface area contributed by atoms with Gasteiger partial charge in [-0.25, -0.2) is 0 Å². The lowest BCUT2D eigenvalue weighted by atomic mass is 9.97. The summed E-state index contributed by atoms with van der Waals surface area (Å²) in [7, 11) is 1.41. The van der Waals surface area contributed by atoms with Crippen molar-refractivity contribution in [2.45, 2.75) is 65.3 Å². The molecule has 39 heavy (non-hydrogen) atoms. The molecule has 1 heterocycles. The Kier molecular flexibility index (Phi) is 11.4. The Morgan fingerprint density at radius 2 is 1.85 bits per heavy atom. The zero-order valence-corrected chi connectivity index (χ0v) is 23.8. The summed E-state index contributed by atoms with van der Waals surface area (Å²) in [5.74, 6) is -0.0581. The SMILES string of the molecule is C=C/C(=C\C=C/C)C(c1ccccc1)n1cc(CCC(=O)OC)c2cc(NC(=O)C3CCCC3)ccc21.CC. The number of esters is 1. The van der Waals surface area contributed by atoms with Gasteiger partial charge in [0.25, 0.3) is 0 Å². The molecule has 0 saturated heterocycles. The zero-order valence-electron chi connectivity index (χ0n) is 23.8. The van der Waals surface area contributed by atoms with Crippen LogP contribution in [-0.4, -0.2) is 23.6 Å². The molecule has 1 N–H and O–H groups in total. The molecule has 0 bridgehead atoms. The first kappa shape index (κ1) is 29.7. The van der Waals surface area contributed by atoms with Crippen molar-refractivity contribution in [1.29, 1.82) is 0 Å². The number of fused-ring (bicyclic) bond motifs is 1. The van der Waals surface area contributed by atoms with Crippen LogP contribution in [0.15, 0.2) is 91.2 Å². The second kappa shape index (κ2) is 14.9. The van der Waals surface area contributed by atoms with Crippen molar-refractivity contribution in [3.63, 3.8) is 0 Å². The molecule has 0 spiro atoms. The molecule has 0 aliphatic heterocycles. The molecule has 2 aromatic carbocycles. The quantitative estimate of drug-likeness (QED) is 0.214. The van der Waals surface area contributed by atoms with Crippen molar-refractivity contribution in [3.05, 3.63) is 102 Å². The first-order valence-electron chi connectivity index (χ1n) is 14.1. The van der Waals surface area contributed by atoms with Crippen molar-refractivity contribution in [3.8, 4) is 0 Å². The standard InChI is InChI=1S/C32H36N2O3.C2H6/c1-4-6-12-23(5-2)31(24-13-8-7-9-14-24)34-22-26(17-20-30(35)37-3)28-21-27(18-19-29(28)34)33-32(36)25-15-10-11-16-25;1-2/h4-9,12-14,18-19,21-22,25,31H,2,10-11,15-17,20H2,1,3H3,(H,33,36);1-2H3/b6-4-,23-12+;. The van der Waals surface area contributed by atoms with Gasteiger partial charge in [0.1, 0.15) is 0 Å². The van der Waals surface area contributed by atoms with Gasteiger partial charge in [0.15, 0.2) is 0 Å². The third kappa shape index (κ3) is 7.38. The number of amides is 1. The van der Waals surface area contributed by atoms with Crippen LogP contribution >= 0.6 is 0 Å². The lowest BCUT2D eigenvalue weighted by molar-refractivity contribution is -0.140. The predicted octanol–water partition coefficient (Wildman–Crippen LogP) is 8.18. The number of carbonyl (C=O) groups excluding carboxylic acids is 2. The van der Waals surface area contributed by atoms with Gasteiger partial charge in [-0.2, -0.15) is 0 Å². The summed E-state index contributed by atoms with van der Waals surface area (Å²) in [4.78, 5) is 24.8. The summed E-state index contributed by atoms with van der Waals surface area (Å²) in [6, 6.07) is 16.3. The van der Waals surface area contributed by atoms with Crippen LogP contribution in [0.1, 0.15) is 70.0 Å². The van der Waals surface area contributed by atoms with E-state index in [1.165, 1.54) is 7.11 Å². The van der Waals surface area contributed by atoms with Crippen molar-refractivity contribution in [2.75, 3.05) is 12.4 Å². The van der Waals surface area contributed by atoms with E-state index in [1.54, 1.807) is 0 Å². The third-order valence-corrected chi connectivity index (χ3v) is 7.16. The maximum Gasteiger partial charge on any atom is 0.305 e. The number of anilines is 1. The number of nitrogens with one attached hydrogen (secondary N) is 1. The van der Waals surface area contributed by atoms with Crippen LogP contribution in [0.25, 0.3) is 10.9 Å². The molecule has 1 aliphatic carbocycles. The number of nitrogens with zero attached hydrogens (tertiary/aromatic N) is 1. The van der Waals surface area contributed by atoms with E-state index in [0.717, 1.165) is 59.0 Å². The highest BCUT2D eigenvalue weighted by Crippen LogP contribution is 2.35. The topological polar surface area (TPSA) is 60.3 Å². The number of benzene rings is 2. The molecule has 3 aromatic rings. The van der Waals surface area contributed by atoms with Crippen LogP contribution < -0.4 is 5.32 Å². The largest absolute Gasteiger partial charge is 0.469 e. The molecule has 206 valence electrons. The fraction of sp³-hybridized carbons (Fsp3) is 0.353. The Morgan fingerprint density at radius 1 is 1.13 bits per heavy atom. The number of hydrogen-bond acceptors (Lipinski definition) is 3. The number of aromatic nitrogens is 1. The van der Waals surface area contributed by atoms with Gasteiger partial charge in [0.2, 0.25) is 5.91 Å². The predicted molar refractivity (Wildman–Crippen MR) is 162 cm³/mol. The van der Waals surface area contributed by atoms with Gasteiger partial charge in [-0.15, -0.1) is 0 Å². The number of hydrogen-bond donors (Lipinski definition) is 1. The average molecular weight is 527 g/mol. The molecule has 1 aromatic heterocycles. The molecule has 0 radical (unpaired) electrons. The number of carbonyl (C=O) groups is 2. The van der Waals surface area contributed by atoms with Crippen LogP contribution in [0.2, 0.25) is 0 Å². The molecule has 4 rings (SSSR count). The van der Waals surface area contributed by atoms with Gasteiger partial charge in [0, 0.05) is 35.1 Å². The van der Waals surface area contributed by atoms with E-state index in [0.29, 0.717) is 6.42 Å². The van der Waals surface area contributed by atoms with E-state index >= 15 is 0 Å². The maximum atomic E-state index is 12.8. The Morgan fingerprint density at radius 3 is 2.49 bits per heavy atom. The van der Waals surface area contributed by atoms with Gasteiger partial charge in [0.05, 0.1) is 13.2 Å². The minimum atomic E-state index is -0.244. The molecule has 5 nitrogen and oxygen atoms in total. The normalized spacial score (nSPS) is 14.6. The monoisotopic (exact) mass is 526 g/mol. The molecule has 5 heteroatoms. The maximum absolute atomic E-state index is 12.8. The number of aryl methyl sites for hydroxylation is 1. The molecular formula is C34H42N2O3. The highest BCUT2D eigenvalue weighted by molar-refractivity contribution is 5.96. The molecule has 1 fully saturated rings. The van der Waals surface area contributed by atoms with E-state index in [1.807, 2.05) is 69.3 Å². The molecule has 1 atom stereocenters. The van der Waals surface area contributed by atoms with Gasteiger partial charge in [-0.05, 0) is 61.1 Å². The highest BCUT2D eigenvalue weighted by atomic mass is 16.5. The smallest absolute Gasteiger partial charge is 0.305 e. The Bertz CT molecular complexity index is 1310. The Hall–Kier alpha value is -3.86. The van der Waals surface area contributed by atoms with Crippen LogP contribution in [-0.2, 0) is 20.7 Å². The van der Waals surface area contributed by atoms with E-state index in [2.05, 4.69) is 46.9 Å². The fourth-order valence-electron chi connectivity index (χ4n) is 5.21. The summed E-state index contributed by atoms with van der Waals surface area (Å²) in [5.41, 5.74) is 5.03. The van der Waals surface area contributed by atoms with Crippen molar-refractivity contribution in [2.24, 2.45) is 5.92 Å². The van der Waals surface area contributed by atoms with Crippen LogP contribution in [0.4, 0.5) is 5.69 Å². The van der Waals surface area contributed by atoms with Gasteiger partial charge >= 0.3 is 5.97 Å². The minimum Gasteiger partial charge on any atom is -0.469 e. The Balaban J connectivity index is 0.00000205. The van der Waals surface area contributed by atoms with Gasteiger partial charge in [-0.1, -0.05) is 87.9 Å². The van der Waals surface area contributed by atoms with Gasteiger partial charge < -0.3 is 14.6 Å². The lowest BCUT2D eigenvalue weighted by Gasteiger charge is -2.22. The van der Waals surface area contributed by atoms with Gasteiger partial charge in [-0.3, -0.25) is 9.59 Å². The fourth-order valence-corrected chi connectivity index (χ4v) is 5.21. The Labute approximate surface area is 233 Å². The van der Waals surface area contributed by atoms with Crippen molar-refractivity contribution < 1.29 is 14.3 Å². The third-order valence-electron chi connectivity index (χ3n) is 7.16. The van der Waals surface area contributed by atoms with E-state index < -0.39 is 0 Å². The van der Waals surface area contributed by atoms with Crippen LogP contribution in [0.3, 0.4) is 0 Å². The number of allylic oxidation sites excluding steroid dienone is 5. The van der Waals surface area contributed by atoms with Crippen molar-refractivity contribution in [1.82, 2.24) is 4.57 Å². The molecule has 1 saturated carbocycles. The van der Waals surface area contributed by atoms with Crippen LogP contribution in [0.5, 0.6) is 0 Å². The summed E-state index contributed by atoms with van der Waals surface area (Å²) < 4.78 is 7.15. The van der Waals surface area contributed by atoms with Crippen molar-refractivity contribution >= 4 is 28.5 Å². The number of ether oxygens (including phenoxy) is 1. The first-order chi connectivity index (χ1) is 19.0. The number of methoxy groups -OCH3 is 1. The highest BCUT2D eigenvalue weighted by Gasteiger charge is 2.24. The molecule has 1 amide bonds. The van der Waals surface area contributed by atoms with E-state index in [-0.39, 0.29) is 30.3 Å². The summed E-state index contributed by atoms with van der Waals surface area (Å²) in [6.45, 7) is 10.1. The first-order valence-corrected chi connectivity index (χ1v) is 14.1. The molecule has 1 aliphatic rings. The van der Waals surface area contributed by atoms with Crippen LogP contribution in [0, 0.1) is 5.92 Å². The summed E-state index contributed by atoms with van der Waals surface area (Å²) in [6.07, 6.45) is 15.1. The second-order valence-electron chi connectivity index (χ2n) is 9.55. The minimum absolute atomic E-state index is 0.0912. The number of rotatable bonds is 10. The summed E-state index contributed by atoms with van der Waals surface area (Å²) >= 11 is 0. The molecule has 1 unspecified atom stereocenters. The molecular weight excluding hydrogens is 484 g/mol. The van der Waals surface area contributed by atoms with E-state index in [4.69, 9.17) is 4.74 Å². The summed E-state index contributed by atoms with van der Waals surface area (Å²) in [5, 5.41) is 4.15. The van der Waals surface area contributed by atoms with E-state index in [9.17, 15) is 9.59 Å². The second-order valence-corrected chi connectivity index (χ2v) is 9.55. The lowest BCUT2D eigenvalue weighted by Crippen LogP contribution is -2.20.